The zero-order valence-corrected chi connectivity index (χ0v) is 18.1. The fourth-order valence-electron chi connectivity index (χ4n) is 3.34. The van der Waals surface area contributed by atoms with Crippen LogP contribution in [0, 0.1) is 6.92 Å². The van der Waals surface area contributed by atoms with Gasteiger partial charge in [-0.3, -0.25) is 9.78 Å². The van der Waals surface area contributed by atoms with Crippen molar-refractivity contribution >= 4 is 22.6 Å². The number of hydrogen-bond donors (Lipinski definition) is 1. The van der Waals surface area contributed by atoms with E-state index in [0.29, 0.717) is 40.4 Å². The molecule has 0 unspecified atom stereocenters. The number of anilines is 1. The van der Waals surface area contributed by atoms with Crippen LogP contribution in [-0.2, 0) is 12.6 Å². The number of hydrogen-bond acceptors (Lipinski definition) is 6. The number of fused-ring (bicyclic) bond motifs is 1. The molecule has 0 saturated heterocycles. The second-order valence-electron chi connectivity index (χ2n) is 7.41. The molecule has 4 rings (SSSR count). The molecule has 1 aromatic carbocycles. The standard InChI is InChI=1S/C24H20F3N5O2/c1-4-20-29-12-15-9-18(23(34-3)32-21(15)31-20)17-11-16(6-5-13(17)2)30-22(33)14-7-8-28-19(10-14)24(25,26)27/h5-12H,4H2,1-3H3,(H,30,33)/i3D3. The van der Waals surface area contributed by atoms with Gasteiger partial charge in [-0.05, 0) is 48.4 Å². The van der Waals surface area contributed by atoms with Crippen LogP contribution in [0.3, 0.4) is 0 Å². The highest BCUT2D eigenvalue weighted by atomic mass is 19.4. The zero-order chi connectivity index (χ0) is 27.0. The summed E-state index contributed by atoms with van der Waals surface area (Å²) >= 11 is 0. The number of ether oxygens (including phenoxy) is 1. The first-order valence-corrected chi connectivity index (χ1v) is 10.2. The molecule has 0 saturated carbocycles. The highest BCUT2D eigenvalue weighted by Gasteiger charge is 2.33. The molecule has 0 radical (unpaired) electrons. The van der Waals surface area contributed by atoms with Crippen LogP contribution in [-0.4, -0.2) is 32.9 Å². The van der Waals surface area contributed by atoms with Crippen LogP contribution in [0.5, 0.6) is 5.88 Å². The zero-order valence-electron chi connectivity index (χ0n) is 21.1. The molecular formula is C24H20F3N5O2. The van der Waals surface area contributed by atoms with E-state index in [4.69, 9.17) is 8.85 Å². The number of aryl methyl sites for hydroxylation is 2. The van der Waals surface area contributed by atoms with Crippen molar-refractivity contribution in [2.75, 3.05) is 12.4 Å². The van der Waals surface area contributed by atoms with Crippen LogP contribution < -0.4 is 10.1 Å². The first-order valence-electron chi connectivity index (χ1n) is 11.7. The quantitative estimate of drug-likeness (QED) is 0.429. The summed E-state index contributed by atoms with van der Waals surface area (Å²) in [5.74, 6) is -0.444. The summed E-state index contributed by atoms with van der Waals surface area (Å²) in [4.78, 5) is 28.8. The van der Waals surface area contributed by atoms with E-state index in [1.807, 2.05) is 6.92 Å². The van der Waals surface area contributed by atoms with Crippen molar-refractivity contribution in [2.45, 2.75) is 26.4 Å². The van der Waals surface area contributed by atoms with Gasteiger partial charge in [0.15, 0.2) is 5.65 Å². The summed E-state index contributed by atoms with van der Waals surface area (Å²) in [7, 11) is -2.80. The molecule has 174 valence electrons. The first-order chi connectivity index (χ1) is 17.3. The highest BCUT2D eigenvalue weighted by Crippen LogP contribution is 2.35. The Kier molecular flexibility index (Phi) is 5.16. The van der Waals surface area contributed by atoms with Crippen molar-refractivity contribution in [3.8, 4) is 17.0 Å². The van der Waals surface area contributed by atoms with Crippen LogP contribution in [0.15, 0.2) is 48.8 Å². The number of halogens is 3. The monoisotopic (exact) mass is 470 g/mol. The van der Waals surface area contributed by atoms with Gasteiger partial charge in [-0.15, -0.1) is 0 Å². The lowest BCUT2D eigenvalue weighted by molar-refractivity contribution is -0.141. The minimum absolute atomic E-state index is 0.191. The molecule has 0 spiro atoms. The summed E-state index contributed by atoms with van der Waals surface area (Å²) in [5, 5.41) is 3.10. The van der Waals surface area contributed by atoms with Gasteiger partial charge in [0.05, 0.1) is 11.2 Å². The van der Waals surface area contributed by atoms with Gasteiger partial charge in [-0.2, -0.15) is 18.2 Å². The average Bonchev–Trinajstić information content (AvgIpc) is 2.83. The van der Waals surface area contributed by atoms with Gasteiger partial charge in [0.2, 0.25) is 5.88 Å². The van der Waals surface area contributed by atoms with Crippen LogP contribution >= 0.6 is 0 Å². The Bertz CT molecular complexity index is 1490. The lowest BCUT2D eigenvalue weighted by Gasteiger charge is -2.14. The van der Waals surface area contributed by atoms with Crippen LogP contribution in [0.4, 0.5) is 18.9 Å². The Balaban J connectivity index is 1.75. The van der Waals surface area contributed by atoms with Crippen molar-refractivity contribution in [3.05, 3.63) is 71.4 Å². The third-order valence-electron chi connectivity index (χ3n) is 5.09. The van der Waals surface area contributed by atoms with E-state index in [0.717, 1.165) is 6.20 Å². The highest BCUT2D eigenvalue weighted by molar-refractivity contribution is 6.04. The maximum Gasteiger partial charge on any atom is 0.433 e. The number of carbonyl (C=O) groups is 1. The maximum atomic E-state index is 13.0. The fraction of sp³-hybridized carbons (Fsp3) is 0.208. The van der Waals surface area contributed by atoms with Gasteiger partial charge >= 0.3 is 6.18 Å². The van der Waals surface area contributed by atoms with E-state index in [2.05, 4.69) is 25.3 Å². The molecule has 0 aliphatic rings. The number of nitrogens with one attached hydrogen (secondary N) is 1. The largest absolute Gasteiger partial charge is 0.480 e. The molecule has 0 fully saturated rings. The minimum atomic E-state index is -4.70. The van der Waals surface area contributed by atoms with Crippen LogP contribution in [0.2, 0.25) is 0 Å². The van der Waals surface area contributed by atoms with Crippen LogP contribution in [0.1, 0.15) is 38.5 Å². The first kappa shape index (κ1) is 19.4. The summed E-state index contributed by atoms with van der Waals surface area (Å²) in [6.45, 7) is 3.63. The fourth-order valence-corrected chi connectivity index (χ4v) is 3.34. The minimum Gasteiger partial charge on any atom is -0.480 e. The number of pyridine rings is 2. The molecule has 34 heavy (non-hydrogen) atoms. The SMILES string of the molecule is [2H]C([2H])([2H])Oc1nc2nc(CC)ncc2cc1-c1cc(NC(=O)c2ccnc(C(F)(F)F)c2)ccc1C. The summed E-state index contributed by atoms with van der Waals surface area (Å²) in [5.41, 5.74) is 0.594. The molecule has 3 aromatic heterocycles. The number of aromatic nitrogens is 4. The van der Waals surface area contributed by atoms with E-state index in [9.17, 15) is 18.0 Å². The van der Waals surface area contributed by atoms with E-state index >= 15 is 0 Å². The number of amides is 1. The molecule has 0 aliphatic carbocycles. The van der Waals surface area contributed by atoms with Crippen molar-refractivity contribution < 1.29 is 26.8 Å². The molecule has 0 aliphatic heterocycles. The molecule has 3 heterocycles. The van der Waals surface area contributed by atoms with Gasteiger partial charge < -0.3 is 10.1 Å². The van der Waals surface area contributed by atoms with Crippen LogP contribution in [0.25, 0.3) is 22.2 Å². The Hall–Kier alpha value is -4.08. The van der Waals surface area contributed by atoms with Crippen molar-refractivity contribution in [1.82, 2.24) is 19.9 Å². The topological polar surface area (TPSA) is 89.9 Å². The van der Waals surface area contributed by atoms with Crippen molar-refractivity contribution in [1.29, 1.82) is 0 Å². The van der Waals surface area contributed by atoms with Crippen molar-refractivity contribution in [2.24, 2.45) is 0 Å². The normalized spacial score (nSPS) is 13.1. The molecular weight excluding hydrogens is 447 g/mol. The number of carbonyl (C=O) groups excluding carboxylic acids is 1. The molecule has 4 aromatic rings. The van der Waals surface area contributed by atoms with E-state index in [1.165, 1.54) is 6.07 Å². The predicted octanol–water partition coefficient (Wildman–Crippen LogP) is 5.24. The molecule has 7 nitrogen and oxygen atoms in total. The second-order valence-corrected chi connectivity index (χ2v) is 7.41. The number of benzene rings is 1. The number of alkyl halides is 3. The summed E-state index contributed by atoms with van der Waals surface area (Å²) in [6, 6.07) is 8.24. The lowest BCUT2D eigenvalue weighted by atomic mass is 9.99. The molecule has 0 atom stereocenters. The Morgan fingerprint density at radius 1 is 1.12 bits per heavy atom. The smallest absolute Gasteiger partial charge is 0.433 e. The van der Waals surface area contributed by atoms with Crippen molar-refractivity contribution in [3.63, 3.8) is 0 Å². The Morgan fingerprint density at radius 2 is 1.94 bits per heavy atom. The third-order valence-corrected chi connectivity index (χ3v) is 5.09. The molecule has 10 heteroatoms. The number of rotatable bonds is 5. The number of nitrogens with zero attached hydrogens (tertiary/aromatic N) is 4. The van der Waals surface area contributed by atoms with Gasteiger partial charge in [-0.1, -0.05) is 13.0 Å². The average molecular weight is 470 g/mol. The van der Waals surface area contributed by atoms with E-state index in [-0.39, 0.29) is 22.8 Å². The van der Waals surface area contributed by atoms with Gasteiger partial charge in [0, 0.05) is 41.0 Å². The van der Waals surface area contributed by atoms with Gasteiger partial charge in [0.25, 0.3) is 5.91 Å². The molecule has 1 amide bonds. The summed E-state index contributed by atoms with van der Waals surface area (Å²) < 4.78 is 66.8. The third kappa shape index (κ3) is 4.66. The maximum absolute atomic E-state index is 13.0. The molecule has 1 N–H and O–H groups in total. The summed E-state index contributed by atoms with van der Waals surface area (Å²) in [6.07, 6.45) is -1.67. The Labute approximate surface area is 197 Å². The second kappa shape index (κ2) is 9.05. The molecule has 0 bridgehead atoms. The Morgan fingerprint density at radius 3 is 2.68 bits per heavy atom. The van der Waals surface area contributed by atoms with E-state index in [1.54, 1.807) is 37.4 Å². The van der Waals surface area contributed by atoms with Gasteiger partial charge in [-0.25, -0.2) is 9.97 Å². The number of methoxy groups -OCH3 is 1. The van der Waals surface area contributed by atoms with Gasteiger partial charge in [0.1, 0.15) is 11.5 Å². The predicted molar refractivity (Wildman–Crippen MR) is 121 cm³/mol. The van der Waals surface area contributed by atoms with E-state index < -0.39 is 24.8 Å². The lowest BCUT2D eigenvalue weighted by Crippen LogP contribution is -2.15.